The Kier molecular flexibility index (Phi) is 5.31. The van der Waals surface area contributed by atoms with Gasteiger partial charge < -0.3 is 9.30 Å². The second-order valence-electron chi connectivity index (χ2n) is 8.46. The smallest absolute Gasteiger partial charge is 0.345 e. The molecule has 2 aliphatic heterocycles. The average Bonchev–Trinajstić information content (AvgIpc) is 3.17. The van der Waals surface area contributed by atoms with Gasteiger partial charge in [0.1, 0.15) is 6.61 Å². The molecule has 5 rings (SSSR count). The van der Waals surface area contributed by atoms with E-state index in [-0.39, 0.29) is 12.2 Å². The Morgan fingerprint density at radius 1 is 1.19 bits per heavy atom. The monoisotopic (exact) mass is 433 g/mol. The fourth-order valence-electron chi connectivity index (χ4n) is 4.70. The van der Waals surface area contributed by atoms with Gasteiger partial charge in [0, 0.05) is 23.1 Å². The molecule has 0 saturated heterocycles. The fourth-order valence-corrected chi connectivity index (χ4v) is 4.70. The van der Waals surface area contributed by atoms with Gasteiger partial charge in [0.25, 0.3) is 5.56 Å². The predicted molar refractivity (Wildman–Crippen MR) is 121 cm³/mol. The van der Waals surface area contributed by atoms with Gasteiger partial charge >= 0.3 is 5.97 Å². The van der Waals surface area contributed by atoms with Crippen molar-refractivity contribution in [3.8, 4) is 11.4 Å². The number of benzene rings is 1. The number of unbranched alkanes of at least 4 members (excludes halogenated alkanes) is 2. The van der Waals surface area contributed by atoms with E-state index in [2.05, 4.69) is 18.5 Å². The van der Waals surface area contributed by atoms with E-state index in [4.69, 9.17) is 14.6 Å². The number of fused-ring (bicyclic) bond motifs is 5. The summed E-state index contributed by atoms with van der Waals surface area (Å²) >= 11 is 0. The number of carbonyl (C=O) groups excluding carboxylic acids is 1. The summed E-state index contributed by atoms with van der Waals surface area (Å²) in [6.45, 7) is 5.04. The molecule has 0 bridgehead atoms. The number of nitrogens with zero attached hydrogens (tertiary/aromatic N) is 2. The third kappa shape index (κ3) is 3.15. The second kappa shape index (κ2) is 8.15. The lowest BCUT2D eigenvalue weighted by atomic mass is 9.86. The average molecular weight is 434 g/mol. The first kappa shape index (κ1) is 20.8. The predicted octanol–water partition coefficient (Wildman–Crippen LogP) is 3.80. The summed E-state index contributed by atoms with van der Waals surface area (Å²) in [7, 11) is 0. The number of carbonyl (C=O) groups is 1. The Morgan fingerprint density at radius 2 is 2.03 bits per heavy atom. The topological polar surface area (TPSA) is 82.5 Å². The second-order valence-corrected chi connectivity index (χ2v) is 8.46. The first-order chi connectivity index (χ1) is 15.6. The van der Waals surface area contributed by atoms with Crippen molar-refractivity contribution in [1.82, 2.24) is 15.0 Å². The molecule has 32 heavy (non-hydrogen) atoms. The zero-order chi connectivity index (χ0) is 22.3. The normalized spacial score (nSPS) is 18.9. The van der Waals surface area contributed by atoms with Crippen molar-refractivity contribution in [1.29, 1.82) is 0 Å². The van der Waals surface area contributed by atoms with E-state index in [0.717, 1.165) is 47.1 Å². The summed E-state index contributed by atoms with van der Waals surface area (Å²) in [5, 5.41) is 1.04. The highest BCUT2D eigenvalue weighted by molar-refractivity contribution is 5.86. The van der Waals surface area contributed by atoms with Gasteiger partial charge in [-0.05, 0) is 31.0 Å². The lowest BCUT2D eigenvalue weighted by Crippen LogP contribution is -2.49. The summed E-state index contributed by atoms with van der Waals surface area (Å²) in [6, 6.07) is 11.9. The summed E-state index contributed by atoms with van der Waals surface area (Å²) in [5.74, 6) is -0.468. The SMILES string of the molecule is CCCCCNO[C@]1(CC)C(=O)OCc2c1cc1n(c2=O)Cc2cc3ccccc3nc2-1. The molecule has 1 atom stereocenters. The van der Waals surface area contributed by atoms with Crippen LogP contribution in [0.4, 0.5) is 0 Å². The van der Waals surface area contributed by atoms with Crippen LogP contribution in [0.5, 0.6) is 0 Å². The van der Waals surface area contributed by atoms with Gasteiger partial charge in [-0.2, -0.15) is 0 Å². The third-order valence-corrected chi connectivity index (χ3v) is 6.51. The molecule has 7 heteroatoms. The van der Waals surface area contributed by atoms with Crippen LogP contribution in [0.2, 0.25) is 0 Å². The fraction of sp³-hybridized carbons (Fsp3) is 0.400. The molecule has 0 radical (unpaired) electrons. The molecule has 0 unspecified atom stereocenters. The van der Waals surface area contributed by atoms with E-state index in [1.165, 1.54) is 0 Å². The van der Waals surface area contributed by atoms with Crippen LogP contribution in [0.25, 0.3) is 22.3 Å². The number of hydroxylamine groups is 1. The summed E-state index contributed by atoms with van der Waals surface area (Å²) in [5.41, 5.74) is 5.88. The third-order valence-electron chi connectivity index (χ3n) is 6.51. The molecule has 3 aromatic rings. The molecule has 1 N–H and O–H groups in total. The van der Waals surface area contributed by atoms with Gasteiger partial charge in [-0.15, -0.1) is 0 Å². The number of hydrogen-bond acceptors (Lipinski definition) is 6. The molecule has 2 aliphatic rings. The maximum atomic E-state index is 13.5. The number of aromatic nitrogens is 2. The van der Waals surface area contributed by atoms with Gasteiger partial charge in [-0.1, -0.05) is 44.9 Å². The molecule has 2 aromatic heterocycles. The summed E-state index contributed by atoms with van der Waals surface area (Å²) in [4.78, 5) is 37.2. The quantitative estimate of drug-likeness (QED) is 0.271. The highest BCUT2D eigenvalue weighted by atomic mass is 16.7. The number of cyclic esters (lactones) is 1. The number of ether oxygens (including phenoxy) is 1. The first-order valence-corrected chi connectivity index (χ1v) is 11.3. The Hall–Kier alpha value is -3.03. The number of esters is 1. The molecule has 0 saturated carbocycles. The van der Waals surface area contributed by atoms with Crippen molar-refractivity contribution in [2.75, 3.05) is 6.54 Å². The van der Waals surface area contributed by atoms with Crippen LogP contribution in [0, 0.1) is 0 Å². The number of nitrogens with one attached hydrogen (secondary N) is 1. The van der Waals surface area contributed by atoms with E-state index >= 15 is 0 Å². The molecule has 0 spiro atoms. The van der Waals surface area contributed by atoms with Crippen LogP contribution in [0.15, 0.2) is 41.2 Å². The van der Waals surface area contributed by atoms with Crippen LogP contribution in [0.1, 0.15) is 56.2 Å². The van der Waals surface area contributed by atoms with E-state index in [0.29, 0.717) is 30.6 Å². The maximum absolute atomic E-state index is 13.5. The van der Waals surface area contributed by atoms with Gasteiger partial charge in [0.15, 0.2) is 0 Å². The number of hydrogen-bond donors (Lipinski definition) is 1. The standard InChI is InChI=1S/C25H27N3O4/c1-3-5-8-11-26-32-25(4-2)19-13-21-22-17(12-16-9-6-7-10-20(16)27-22)14-28(21)23(29)18(19)15-31-24(25)30/h6-7,9-10,12-13,26H,3-5,8,11,14-15H2,1-2H3/t25-/m0/s1. The zero-order valence-corrected chi connectivity index (χ0v) is 18.4. The molecule has 7 nitrogen and oxygen atoms in total. The molecule has 1 aromatic carbocycles. The van der Waals surface area contributed by atoms with Crippen molar-refractivity contribution in [3.05, 3.63) is 63.4 Å². The van der Waals surface area contributed by atoms with E-state index < -0.39 is 11.6 Å². The Balaban J connectivity index is 1.61. The van der Waals surface area contributed by atoms with Crippen molar-refractivity contribution in [3.63, 3.8) is 0 Å². The summed E-state index contributed by atoms with van der Waals surface area (Å²) in [6.07, 6.45) is 3.45. The molecule has 0 fully saturated rings. The minimum absolute atomic E-state index is 0.0417. The number of para-hydroxylation sites is 1. The van der Waals surface area contributed by atoms with Gasteiger partial charge in [0.2, 0.25) is 5.60 Å². The number of rotatable bonds is 7. The van der Waals surface area contributed by atoms with Gasteiger partial charge in [-0.25, -0.2) is 15.3 Å². The van der Waals surface area contributed by atoms with Crippen LogP contribution in [-0.2, 0) is 33.1 Å². The van der Waals surface area contributed by atoms with Gasteiger partial charge in [0.05, 0.1) is 29.0 Å². The van der Waals surface area contributed by atoms with Crippen molar-refractivity contribution < 1.29 is 14.4 Å². The van der Waals surface area contributed by atoms with Crippen molar-refractivity contribution >= 4 is 16.9 Å². The van der Waals surface area contributed by atoms with Gasteiger partial charge in [-0.3, -0.25) is 9.63 Å². The Morgan fingerprint density at radius 3 is 2.84 bits per heavy atom. The summed E-state index contributed by atoms with van der Waals surface area (Å²) < 4.78 is 7.16. The lowest BCUT2D eigenvalue weighted by Gasteiger charge is -2.35. The van der Waals surface area contributed by atoms with E-state index in [9.17, 15) is 9.59 Å². The minimum atomic E-state index is -1.35. The molecule has 4 heterocycles. The van der Waals surface area contributed by atoms with Crippen LogP contribution in [0.3, 0.4) is 0 Å². The van der Waals surface area contributed by atoms with Crippen molar-refractivity contribution in [2.45, 2.75) is 58.3 Å². The number of pyridine rings is 2. The molecular formula is C25H27N3O4. The van der Waals surface area contributed by atoms with E-state index in [1.807, 2.05) is 37.3 Å². The highest BCUT2D eigenvalue weighted by Crippen LogP contribution is 2.40. The first-order valence-electron chi connectivity index (χ1n) is 11.3. The molecule has 166 valence electrons. The Labute approximate surface area is 186 Å². The minimum Gasteiger partial charge on any atom is -0.458 e. The van der Waals surface area contributed by atoms with Crippen LogP contribution in [-0.4, -0.2) is 22.1 Å². The van der Waals surface area contributed by atoms with Crippen LogP contribution >= 0.6 is 0 Å². The molecular weight excluding hydrogens is 406 g/mol. The lowest BCUT2D eigenvalue weighted by molar-refractivity contribution is -0.193. The van der Waals surface area contributed by atoms with E-state index in [1.54, 1.807) is 4.57 Å². The zero-order valence-electron chi connectivity index (χ0n) is 18.4. The largest absolute Gasteiger partial charge is 0.458 e. The van der Waals surface area contributed by atoms with Crippen molar-refractivity contribution in [2.24, 2.45) is 0 Å². The maximum Gasteiger partial charge on any atom is 0.345 e. The molecule has 0 aliphatic carbocycles. The Bertz CT molecular complexity index is 1270. The highest BCUT2D eigenvalue weighted by Gasteiger charge is 2.48. The molecule has 0 amide bonds. The van der Waals surface area contributed by atoms with Crippen LogP contribution < -0.4 is 11.0 Å².